The Labute approximate surface area is 195 Å². The lowest BCUT2D eigenvalue weighted by molar-refractivity contribution is -0.386. The van der Waals surface area contributed by atoms with E-state index in [1.54, 1.807) is 19.3 Å². The van der Waals surface area contributed by atoms with Crippen molar-refractivity contribution in [3.05, 3.63) is 28.6 Å². The molecule has 0 radical (unpaired) electrons. The summed E-state index contributed by atoms with van der Waals surface area (Å²) in [6.45, 7) is 7.41. The molecule has 33 heavy (non-hydrogen) atoms. The van der Waals surface area contributed by atoms with E-state index in [0.717, 1.165) is 6.04 Å². The van der Waals surface area contributed by atoms with Gasteiger partial charge in [0.15, 0.2) is 0 Å². The van der Waals surface area contributed by atoms with Crippen LogP contribution in [0.25, 0.3) is 11.0 Å². The minimum Gasteiger partial charge on any atom is -0.483 e. The number of aromatic nitrogens is 2. The molecule has 0 amide bonds. The number of sulfonamides is 1. The molecule has 1 saturated carbocycles. The van der Waals surface area contributed by atoms with Crippen molar-refractivity contribution in [1.29, 1.82) is 0 Å². The average molecular weight is 499 g/mol. The molecule has 0 atom stereocenters. The minimum atomic E-state index is -3.41. The van der Waals surface area contributed by atoms with Crippen LogP contribution in [0.3, 0.4) is 0 Å². The Balaban J connectivity index is 1.52. The van der Waals surface area contributed by atoms with Crippen molar-refractivity contribution in [3.8, 4) is 5.75 Å². The van der Waals surface area contributed by atoms with Crippen molar-refractivity contribution in [1.82, 2.24) is 14.3 Å². The summed E-state index contributed by atoms with van der Waals surface area (Å²) < 4.78 is 38.4. The summed E-state index contributed by atoms with van der Waals surface area (Å²) in [4.78, 5) is 18.0. The van der Waals surface area contributed by atoms with Gasteiger partial charge in [-0.2, -0.15) is 4.31 Å². The molecule has 2 aromatic heterocycles. The molecule has 2 aromatic rings. The molecule has 10 nitrogen and oxygen atoms in total. The number of fused-ring (bicyclic) bond motifs is 1. The highest BCUT2D eigenvalue weighted by molar-refractivity contribution is 7.89. The quantitative estimate of drug-likeness (QED) is 0.163. The van der Waals surface area contributed by atoms with Gasteiger partial charge in [0.25, 0.3) is 0 Å². The van der Waals surface area contributed by atoms with Gasteiger partial charge in [-0.25, -0.2) is 13.4 Å². The molecular weight excluding hydrogens is 464 g/mol. The van der Waals surface area contributed by atoms with E-state index in [4.69, 9.17) is 9.47 Å². The fourth-order valence-electron chi connectivity index (χ4n) is 3.89. The second kappa shape index (κ2) is 10.5. The average Bonchev–Trinajstić information content (AvgIpc) is 3.21. The van der Waals surface area contributed by atoms with Crippen LogP contribution in [0.4, 0.5) is 5.69 Å². The summed E-state index contributed by atoms with van der Waals surface area (Å²) >= 11 is 0. The molecule has 12 heteroatoms. The molecule has 1 N–H and O–H groups in total. The number of nitrogens with zero attached hydrogens (tertiary/aromatic N) is 3. The molecule has 0 unspecified atom stereocenters. The molecule has 0 aromatic carbocycles. The van der Waals surface area contributed by atoms with Crippen LogP contribution in [0.1, 0.15) is 25.7 Å². The molecule has 0 bridgehead atoms. The molecule has 1 aliphatic rings. The third-order valence-corrected chi connectivity index (χ3v) is 9.64. The number of aromatic amines is 1. The molecule has 2 heterocycles. The first-order valence-corrected chi connectivity index (χ1v) is 16.6. The van der Waals surface area contributed by atoms with E-state index < -0.39 is 23.0 Å². The van der Waals surface area contributed by atoms with Crippen molar-refractivity contribution in [3.63, 3.8) is 0 Å². The Bertz CT molecular complexity index is 1060. The van der Waals surface area contributed by atoms with Crippen LogP contribution < -0.4 is 4.74 Å². The van der Waals surface area contributed by atoms with Gasteiger partial charge in [-0.3, -0.25) is 10.1 Å². The molecule has 1 aliphatic carbocycles. The Hall–Kier alpha value is -2.02. The first-order chi connectivity index (χ1) is 15.5. The van der Waals surface area contributed by atoms with Gasteiger partial charge < -0.3 is 14.5 Å². The molecule has 0 aliphatic heterocycles. The summed E-state index contributed by atoms with van der Waals surface area (Å²) in [5.41, 5.74) is 0.369. The van der Waals surface area contributed by atoms with E-state index >= 15 is 0 Å². The number of nitrogens with one attached hydrogen (secondary N) is 1. The predicted octanol–water partition coefficient (Wildman–Crippen LogP) is 3.98. The molecule has 0 spiro atoms. The Kier molecular flexibility index (Phi) is 8.14. The monoisotopic (exact) mass is 498 g/mol. The standard InChI is InChI=1S/C21H34N4O6SSi/c1-24(15-30-11-12-33(2,3)4)32(28,29)14-16-5-7-17(8-6-16)31-20-18-9-10-22-21(18)23-13-19(20)25(26)27/h9-10,13,16-17H,5-8,11-12,14-15H2,1-4H3,(H,22,23)/t16-,17-. The van der Waals surface area contributed by atoms with Crippen molar-refractivity contribution in [2.24, 2.45) is 5.92 Å². The van der Waals surface area contributed by atoms with Crippen LogP contribution in [0.2, 0.25) is 25.7 Å². The summed E-state index contributed by atoms with van der Waals surface area (Å²) in [5, 5.41) is 12.0. The molecular formula is C21H34N4O6SSi. The van der Waals surface area contributed by atoms with Gasteiger partial charge in [0.1, 0.15) is 18.6 Å². The maximum Gasteiger partial charge on any atom is 0.329 e. The third-order valence-electron chi connectivity index (χ3n) is 5.98. The smallest absolute Gasteiger partial charge is 0.329 e. The lowest BCUT2D eigenvalue weighted by atomic mass is 9.88. The van der Waals surface area contributed by atoms with Crippen LogP contribution in [0.15, 0.2) is 18.5 Å². The number of rotatable bonds is 11. The number of nitro groups is 1. The van der Waals surface area contributed by atoms with E-state index in [1.807, 2.05) is 0 Å². The fourth-order valence-corrected chi connectivity index (χ4v) is 6.06. The third kappa shape index (κ3) is 6.98. The fraction of sp³-hybridized carbons (Fsp3) is 0.667. The first kappa shape index (κ1) is 25.6. The number of H-pyrrole nitrogens is 1. The first-order valence-electron chi connectivity index (χ1n) is 11.2. The number of ether oxygens (including phenoxy) is 2. The predicted molar refractivity (Wildman–Crippen MR) is 130 cm³/mol. The molecule has 1 fully saturated rings. The maximum absolute atomic E-state index is 12.7. The van der Waals surface area contributed by atoms with Crippen LogP contribution >= 0.6 is 0 Å². The number of pyridine rings is 1. The SMILES string of the molecule is CN(COCC[Si](C)(C)C)S(=O)(=O)C[C@H]1CC[C@H](Oc2c([N+](=O)[O-])cnc3[nH]ccc23)CC1. The Morgan fingerprint density at radius 2 is 1.97 bits per heavy atom. The van der Waals surface area contributed by atoms with Gasteiger partial charge in [0, 0.05) is 27.9 Å². The molecule has 0 saturated heterocycles. The lowest BCUT2D eigenvalue weighted by Crippen LogP contribution is -2.36. The summed E-state index contributed by atoms with van der Waals surface area (Å²) in [5.74, 6) is 0.321. The Morgan fingerprint density at radius 1 is 1.27 bits per heavy atom. The van der Waals surface area contributed by atoms with E-state index in [1.165, 1.54) is 10.5 Å². The largest absolute Gasteiger partial charge is 0.483 e. The van der Waals surface area contributed by atoms with Crippen LogP contribution in [0, 0.1) is 16.0 Å². The highest BCUT2D eigenvalue weighted by Crippen LogP contribution is 2.37. The number of hydrogen-bond acceptors (Lipinski definition) is 7. The maximum atomic E-state index is 12.7. The van der Waals surface area contributed by atoms with E-state index in [9.17, 15) is 18.5 Å². The summed E-state index contributed by atoms with van der Waals surface area (Å²) in [7, 11) is -3.07. The zero-order valence-electron chi connectivity index (χ0n) is 19.7. The van der Waals surface area contributed by atoms with Gasteiger partial charge >= 0.3 is 5.69 Å². The zero-order valence-corrected chi connectivity index (χ0v) is 21.6. The second-order valence-electron chi connectivity index (χ2n) is 9.95. The normalized spacial score (nSPS) is 19.8. The van der Waals surface area contributed by atoms with Gasteiger partial charge in [-0.05, 0) is 43.7 Å². The van der Waals surface area contributed by atoms with E-state index in [2.05, 4.69) is 29.6 Å². The summed E-state index contributed by atoms with van der Waals surface area (Å²) in [6, 6.07) is 2.71. The highest BCUT2D eigenvalue weighted by atomic mass is 32.2. The minimum absolute atomic E-state index is 0.0268. The van der Waals surface area contributed by atoms with E-state index in [0.29, 0.717) is 43.3 Å². The van der Waals surface area contributed by atoms with Crippen LogP contribution in [0.5, 0.6) is 5.75 Å². The van der Waals surface area contributed by atoms with Crippen molar-refractivity contribution in [2.45, 2.75) is 57.5 Å². The lowest BCUT2D eigenvalue weighted by Gasteiger charge is -2.30. The number of hydrogen-bond donors (Lipinski definition) is 1. The van der Waals surface area contributed by atoms with Gasteiger partial charge in [0.05, 0.1) is 22.2 Å². The van der Waals surface area contributed by atoms with Crippen molar-refractivity contribution < 1.29 is 22.8 Å². The van der Waals surface area contributed by atoms with E-state index in [-0.39, 0.29) is 35.9 Å². The Morgan fingerprint density at radius 3 is 2.61 bits per heavy atom. The van der Waals surface area contributed by atoms with Gasteiger partial charge in [0.2, 0.25) is 15.8 Å². The molecule has 184 valence electrons. The van der Waals surface area contributed by atoms with Gasteiger partial charge in [-0.1, -0.05) is 19.6 Å². The zero-order chi connectivity index (χ0) is 24.2. The molecule has 3 rings (SSSR count). The van der Waals surface area contributed by atoms with Crippen LogP contribution in [-0.4, -0.2) is 67.9 Å². The van der Waals surface area contributed by atoms with Crippen molar-refractivity contribution in [2.75, 3.05) is 26.1 Å². The van der Waals surface area contributed by atoms with Gasteiger partial charge in [-0.15, -0.1) is 0 Å². The highest BCUT2D eigenvalue weighted by Gasteiger charge is 2.31. The topological polar surface area (TPSA) is 128 Å². The summed E-state index contributed by atoms with van der Waals surface area (Å²) in [6.07, 6.45) is 5.32. The second-order valence-corrected chi connectivity index (χ2v) is 17.7. The van der Waals surface area contributed by atoms with Crippen molar-refractivity contribution >= 4 is 34.8 Å². The van der Waals surface area contributed by atoms with Crippen LogP contribution in [-0.2, 0) is 14.8 Å².